The molecule has 0 aliphatic heterocycles. The van der Waals surface area contributed by atoms with E-state index >= 15 is 0 Å². The molecule has 1 aromatic carbocycles. The lowest BCUT2D eigenvalue weighted by Crippen LogP contribution is -2.30. The molecule has 1 fully saturated rings. The Labute approximate surface area is 104 Å². The fraction of sp³-hybridized carbons (Fsp3) is 0.562. The van der Waals surface area contributed by atoms with Gasteiger partial charge in [0.25, 0.3) is 0 Å². The summed E-state index contributed by atoms with van der Waals surface area (Å²) in [5.74, 6) is 0.354. The standard InChI is InChI=1S/C16H22O/c1-3-13-8-7-9-14(12-13)15(17)16(2)10-5-4-6-11-16/h7-9,12H,3-6,10-11H2,1-2H3. The van der Waals surface area contributed by atoms with Crippen LogP contribution in [0.25, 0.3) is 0 Å². The van der Waals surface area contributed by atoms with Crippen LogP contribution >= 0.6 is 0 Å². The fourth-order valence-corrected chi connectivity index (χ4v) is 2.84. The zero-order valence-electron chi connectivity index (χ0n) is 11.0. The lowest BCUT2D eigenvalue weighted by molar-refractivity contribution is 0.0749. The maximum absolute atomic E-state index is 12.6. The first kappa shape index (κ1) is 12.3. The SMILES string of the molecule is CCc1cccc(C(=O)C2(C)CCCCC2)c1. The van der Waals surface area contributed by atoms with Crippen molar-refractivity contribution in [3.05, 3.63) is 35.4 Å². The zero-order chi connectivity index (χ0) is 12.3. The van der Waals surface area contributed by atoms with Gasteiger partial charge in [-0.2, -0.15) is 0 Å². The van der Waals surface area contributed by atoms with Gasteiger partial charge in [-0.1, -0.05) is 51.3 Å². The van der Waals surface area contributed by atoms with Gasteiger partial charge in [0.2, 0.25) is 0 Å². The second-order valence-electron chi connectivity index (χ2n) is 5.50. The predicted molar refractivity (Wildman–Crippen MR) is 71.3 cm³/mol. The number of rotatable bonds is 3. The van der Waals surface area contributed by atoms with E-state index in [-0.39, 0.29) is 5.41 Å². The molecular formula is C16H22O. The first-order chi connectivity index (χ1) is 8.15. The van der Waals surface area contributed by atoms with Crippen LogP contribution in [-0.2, 0) is 6.42 Å². The van der Waals surface area contributed by atoms with Crippen LogP contribution in [0.2, 0.25) is 0 Å². The second kappa shape index (κ2) is 5.03. The van der Waals surface area contributed by atoms with Gasteiger partial charge in [-0.15, -0.1) is 0 Å². The molecule has 1 saturated carbocycles. The summed E-state index contributed by atoms with van der Waals surface area (Å²) in [6.45, 7) is 4.28. The molecule has 1 aliphatic carbocycles. The molecule has 0 bridgehead atoms. The van der Waals surface area contributed by atoms with Crippen molar-refractivity contribution in [3.8, 4) is 0 Å². The molecule has 1 nitrogen and oxygen atoms in total. The maximum Gasteiger partial charge on any atom is 0.168 e. The highest BCUT2D eigenvalue weighted by Crippen LogP contribution is 2.38. The molecule has 1 aliphatic rings. The van der Waals surface area contributed by atoms with E-state index in [1.165, 1.54) is 24.8 Å². The Balaban J connectivity index is 2.23. The predicted octanol–water partition coefficient (Wildman–Crippen LogP) is 4.40. The summed E-state index contributed by atoms with van der Waals surface area (Å²) in [4.78, 5) is 12.6. The lowest BCUT2D eigenvalue weighted by Gasteiger charge is -2.32. The number of hydrogen-bond acceptors (Lipinski definition) is 1. The molecule has 0 N–H and O–H groups in total. The number of benzene rings is 1. The van der Waals surface area contributed by atoms with Gasteiger partial charge in [0, 0.05) is 11.0 Å². The summed E-state index contributed by atoms with van der Waals surface area (Å²) in [7, 11) is 0. The van der Waals surface area contributed by atoms with Crippen LogP contribution in [0, 0.1) is 5.41 Å². The molecule has 0 heterocycles. The third kappa shape index (κ3) is 2.59. The average Bonchev–Trinajstić information content (AvgIpc) is 2.39. The Morgan fingerprint density at radius 2 is 1.94 bits per heavy atom. The summed E-state index contributed by atoms with van der Waals surface area (Å²) in [5, 5.41) is 0. The van der Waals surface area contributed by atoms with E-state index in [4.69, 9.17) is 0 Å². The summed E-state index contributed by atoms with van der Waals surface area (Å²) >= 11 is 0. The van der Waals surface area contributed by atoms with Gasteiger partial charge in [0.15, 0.2) is 5.78 Å². The normalized spacial score (nSPS) is 18.9. The largest absolute Gasteiger partial charge is 0.294 e. The van der Waals surface area contributed by atoms with Crippen molar-refractivity contribution in [2.24, 2.45) is 5.41 Å². The van der Waals surface area contributed by atoms with Crippen molar-refractivity contribution in [1.82, 2.24) is 0 Å². The topological polar surface area (TPSA) is 17.1 Å². The van der Waals surface area contributed by atoms with Crippen molar-refractivity contribution in [3.63, 3.8) is 0 Å². The summed E-state index contributed by atoms with van der Waals surface area (Å²) in [6, 6.07) is 8.15. The van der Waals surface area contributed by atoms with Gasteiger partial charge in [0.05, 0.1) is 0 Å². The minimum Gasteiger partial charge on any atom is -0.294 e. The molecule has 17 heavy (non-hydrogen) atoms. The molecular weight excluding hydrogens is 208 g/mol. The average molecular weight is 230 g/mol. The Kier molecular flexibility index (Phi) is 3.66. The van der Waals surface area contributed by atoms with Crippen LogP contribution in [0.3, 0.4) is 0 Å². The number of hydrogen-bond donors (Lipinski definition) is 0. The van der Waals surface area contributed by atoms with Crippen LogP contribution in [-0.4, -0.2) is 5.78 Å². The van der Waals surface area contributed by atoms with E-state index in [0.717, 1.165) is 24.8 Å². The molecule has 0 atom stereocenters. The van der Waals surface area contributed by atoms with Gasteiger partial charge >= 0.3 is 0 Å². The molecule has 2 rings (SSSR count). The lowest BCUT2D eigenvalue weighted by atomic mass is 9.71. The van der Waals surface area contributed by atoms with Crippen molar-refractivity contribution in [2.75, 3.05) is 0 Å². The van der Waals surface area contributed by atoms with Crippen molar-refractivity contribution in [1.29, 1.82) is 0 Å². The minimum absolute atomic E-state index is 0.107. The number of Topliss-reactive ketones (excluding diaryl/α,β-unsaturated/α-hetero) is 1. The Morgan fingerprint density at radius 3 is 2.59 bits per heavy atom. The first-order valence-corrected chi connectivity index (χ1v) is 6.79. The maximum atomic E-state index is 12.6. The first-order valence-electron chi connectivity index (χ1n) is 6.79. The second-order valence-corrected chi connectivity index (χ2v) is 5.50. The smallest absolute Gasteiger partial charge is 0.168 e. The van der Waals surface area contributed by atoms with Gasteiger partial charge in [0.1, 0.15) is 0 Å². The van der Waals surface area contributed by atoms with Crippen LogP contribution in [0.5, 0.6) is 0 Å². The van der Waals surface area contributed by atoms with Crippen LogP contribution in [0.1, 0.15) is 61.9 Å². The van der Waals surface area contributed by atoms with Crippen LogP contribution in [0.4, 0.5) is 0 Å². The van der Waals surface area contributed by atoms with E-state index in [0.29, 0.717) is 5.78 Å². The number of carbonyl (C=O) groups is 1. The van der Waals surface area contributed by atoms with Crippen molar-refractivity contribution >= 4 is 5.78 Å². The number of aryl methyl sites for hydroxylation is 1. The monoisotopic (exact) mass is 230 g/mol. The van der Waals surface area contributed by atoms with E-state index in [2.05, 4.69) is 26.0 Å². The quantitative estimate of drug-likeness (QED) is 0.703. The fourth-order valence-electron chi connectivity index (χ4n) is 2.84. The summed E-state index contributed by atoms with van der Waals surface area (Å²) in [6.07, 6.45) is 6.81. The molecule has 1 aromatic rings. The molecule has 0 saturated heterocycles. The molecule has 0 spiro atoms. The minimum atomic E-state index is -0.107. The van der Waals surface area contributed by atoms with Crippen molar-refractivity contribution < 1.29 is 4.79 Å². The molecule has 0 unspecified atom stereocenters. The highest BCUT2D eigenvalue weighted by Gasteiger charge is 2.34. The summed E-state index contributed by atoms with van der Waals surface area (Å²) in [5.41, 5.74) is 2.06. The Hall–Kier alpha value is -1.11. The molecule has 0 amide bonds. The zero-order valence-corrected chi connectivity index (χ0v) is 11.0. The third-order valence-corrected chi connectivity index (χ3v) is 4.10. The number of carbonyl (C=O) groups excluding carboxylic acids is 1. The van der Waals surface area contributed by atoms with E-state index < -0.39 is 0 Å². The highest BCUT2D eigenvalue weighted by atomic mass is 16.1. The van der Waals surface area contributed by atoms with Crippen LogP contribution in [0.15, 0.2) is 24.3 Å². The molecule has 0 aromatic heterocycles. The van der Waals surface area contributed by atoms with E-state index in [9.17, 15) is 4.79 Å². The molecule has 92 valence electrons. The van der Waals surface area contributed by atoms with E-state index in [1.54, 1.807) is 0 Å². The Morgan fingerprint density at radius 1 is 1.24 bits per heavy atom. The summed E-state index contributed by atoms with van der Waals surface area (Å²) < 4.78 is 0. The van der Waals surface area contributed by atoms with Gasteiger partial charge in [-0.05, 0) is 30.9 Å². The molecule has 1 heteroatoms. The van der Waals surface area contributed by atoms with Gasteiger partial charge < -0.3 is 0 Å². The number of ketones is 1. The third-order valence-electron chi connectivity index (χ3n) is 4.10. The van der Waals surface area contributed by atoms with E-state index in [1.807, 2.05) is 12.1 Å². The van der Waals surface area contributed by atoms with Gasteiger partial charge in [-0.3, -0.25) is 4.79 Å². The Bertz CT molecular complexity index is 400. The van der Waals surface area contributed by atoms with Crippen LogP contribution < -0.4 is 0 Å². The molecule has 0 radical (unpaired) electrons. The van der Waals surface area contributed by atoms with Gasteiger partial charge in [-0.25, -0.2) is 0 Å². The van der Waals surface area contributed by atoms with Crippen molar-refractivity contribution in [2.45, 2.75) is 52.4 Å². The highest BCUT2D eigenvalue weighted by molar-refractivity contribution is 6.00.